The van der Waals surface area contributed by atoms with Crippen molar-refractivity contribution in [2.75, 3.05) is 0 Å². The van der Waals surface area contributed by atoms with Gasteiger partial charge in [0.2, 0.25) is 0 Å². The zero-order valence-corrected chi connectivity index (χ0v) is 6.95. The summed E-state index contributed by atoms with van der Waals surface area (Å²) in [5.74, 6) is 0. The van der Waals surface area contributed by atoms with Gasteiger partial charge in [-0.1, -0.05) is 13.0 Å². The van der Waals surface area contributed by atoms with Crippen LogP contribution in [0.5, 0.6) is 0 Å². The summed E-state index contributed by atoms with van der Waals surface area (Å²) in [6.45, 7) is 5.53. The predicted octanol–water partition coefficient (Wildman–Crippen LogP) is 1.08. The molecule has 0 aromatic heterocycles. The van der Waals surface area contributed by atoms with E-state index in [0.717, 1.165) is 0 Å². The van der Waals surface area contributed by atoms with Crippen LogP contribution in [0, 0.1) is 5.41 Å². The number of rotatable bonds is 2. The van der Waals surface area contributed by atoms with Crippen molar-refractivity contribution in [2.45, 2.75) is 38.4 Å². The van der Waals surface area contributed by atoms with Crippen LogP contribution in [-0.4, -0.2) is 22.4 Å². The van der Waals surface area contributed by atoms with E-state index in [0.29, 0.717) is 19.3 Å². The van der Waals surface area contributed by atoms with Crippen molar-refractivity contribution in [1.82, 2.24) is 0 Å². The Kier molecular flexibility index (Phi) is 2.35. The Balaban J connectivity index is 2.70. The van der Waals surface area contributed by atoms with Crippen LogP contribution >= 0.6 is 0 Å². The van der Waals surface area contributed by atoms with Crippen molar-refractivity contribution in [3.63, 3.8) is 0 Å². The number of allylic oxidation sites excluding steroid dienone is 1. The maximum atomic E-state index is 9.54. The van der Waals surface area contributed by atoms with Crippen molar-refractivity contribution in [1.29, 1.82) is 0 Å². The van der Waals surface area contributed by atoms with Crippen LogP contribution in [0.1, 0.15) is 26.2 Å². The van der Waals surface area contributed by atoms with Crippen molar-refractivity contribution in [3.8, 4) is 0 Å². The molecule has 0 aromatic rings. The molecule has 1 saturated carbocycles. The van der Waals surface area contributed by atoms with Gasteiger partial charge in [0.25, 0.3) is 0 Å². The van der Waals surface area contributed by atoms with Crippen LogP contribution in [0.25, 0.3) is 0 Å². The largest absolute Gasteiger partial charge is 0.392 e. The van der Waals surface area contributed by atoms with E-state index in [1.807, 2.05) is 6.92 Å². The van der Waals surface area contributed by atoms with E-state index >= 15 is 0 Å². The van der Waals surface area contributed by atoms with Crippen LogP contribution in [0.15, 0.2) is 12.7 Å². The van der Waals surface area contributed by atoms with Crippen molar-refractivity contribution < 1.29 is 10.2 Å². The molecule has 2 N–H and O–H groups in total. The van der Waals surface area contributed by atoms with Gasteiger partial charge in [-0.25, -0.2) is 0 Å². The van der Waals surface area contributed by atoms with E-state index in [1.165, 1.54) is 0 Å². The highest BCUT2D eigenvalue weighted by atomic mass is 16.3. The van der Waals surface area contributed by atoms with Crippen LogP contribution in [0.3, 0.4) is 0 Å². The van der Waals surface area contributed by atoms with Crippen molar-refractivity contribution in [2.24, 2.45) is 5.41 Å². The highest BCUT2D eigenvalue weighted by molar-refractivity contribution is 4.98. The summed E-state index contributed by atoms with van der Waals surface area (Å²) >= 11 is 0. The lowest BCUT2D eigenvalue weighted by molar-refractivity contribution is -0.00822. The normalized spacial score (nSPS) is 35.5. The highest BCUT2D eigenvalue weighted by Crippen LogP contribution is 2.41. The number of hydrogen-bond donors (Lipinski definition) is 2. The first-order valence-corrected chi connectivity index (χ1v) is 4.08. The van der Waals surface area contributed by atoms with Gasteiger partial charge in [-0.05, 0) is 19.3 Å². The summed E-state index contributed by atoms with van der Waals surface area (Å²) in [5.41, 5.74) is -0.345. The SMILES string of the molecule is C=CCC1(C)[C@@H](O)CC[C@@H]1O. The first-order chi connectivity index (χ1) is 5.11. The van der Waals surface area contributed by atoms with E-state index in [4.69, 9.17) is 0 Å². The monoisotopic (exact) mass is 156 g/mol. The molecule has 0 amide bonds. The van der Waals surface area contributed by atoms with Crippen molar-refractivity contribution >= 4 is 0 Å². The van der Waals surface area contributed by atoms with Crippen LogP contribution in [-0.2, 0) is 0 Å². The topological polar surface area (TPSA) is 40.5 Å². The maximum Gasteiger partial charge on any atom is 0.0622 e. The molecule has 2 atom stereocenters. The van der Waals surface area contributed by atoms with Gasteiger partial charge in [0.15, 0.2) is 0 Å². The molecule has 1 aliphatic carbocycles. The molecule has 11 heavy (non-hydrogen) atoms. The summed E-state index contributed by atoms with van der Waals surface area (Å²) in [6.07, 6.45) is 3.15. The Morgan fingerprint density at radius 3 is 2.27 bits per heavy atom. The Labute approximate surface area is 67.6 Å². The standard InChI is InChI=1S/C9H16O2/c1-3-6-9(2)7(10)4-5-8(9)11/h3,7-8,10-11H,1,4-6H2,2H3/t7-,8-/m0/s1. The van der Waals surface area contributed by atoms with Crippen LogP contribution in [0.4, 0.5) is 0 Å². The first-order valence-electron chi connectivity index (χ1n) is 4.08. The quantitative estimate of drug-likeness (QED) is 0.587. The van der Waals surface area contributed by atoms with E-state index < -0.39 is 0 Å². The predicted molar refractivity (Wildman–Crippen MR) is 44.2 cm³/mol. The molecule has 0 heterocycles. The Morgan fingerprint density at radius 1 is 1.45 bits per heavy atom. The van der Waals surface area contributed by atoms with Gasteiger partial charge in [0, 0.05) is 5.41 Å². The fourth-order valence-corrected chi connectivity index (χ4v) is 1.78. The van der Waals surface area contributed by atoms with Crippen molar-refractivity contribution in [3.05, 3.63) is 12.7 Å². The Bertz CT molecular complexity index is 144. The molecule has 1 fully saturated rings. The van der Waals surface area contributed by atoms with E-state index in [9.17, 15) is 10.2 Å². The average Bonchev–Trinajstić information content (AvgIpc) is 2.19. The van der Waals surface area contributed by atoms with E-state index in [2.05, 4.69) is 6.58 Å². The molecule has 2 heteroatoms. The fourth-order valence-electron chi connectivity index (χ4n) is 1.78. The first kappa shape index (κ1) is 8.75. The average molecular weight is 156 g/mol. The van der Waals surface area contributed by atoms with Gasteiger partial charge in [0.05, 0.1) is 12.2 Å². The minimum absolute atomic E-state index is 0.345. The molecule has 0 aliphatic heterocycles. The van der Waals surface area contributed by atoms with Gasteiger partial charge < -0.3 is 10.2 Å². The summed E-state index contributed by atoms with van der Waals surface area (Å²) in [5, 5.41) is 19.1. The second kappa shape index (κ2) is 2.95. The molecule has 0 unspecified atom stereocenters. The van der Waals surface area contributed by atoms with Gasteiger partial charge >= 0.3 is 0 Å². The maximum absolute atomic E-state index is 9.54. The molecule has 0 saturated heterocycles. The van der Waals surface area contributed by atoms with Crippen LogP contribution < -0.4 is 0 Å². The molecule has 2 nitrogen and oxygen atoms in total. The highest BCUT2D eigenvalue weighted by Gasteiger charge is 2.43. The third-order valence-electron chi connectivity index (χ3n) is 2.82. The number of aliphatic hydroxyl groups excluding tert-OH is 2. The summed E-state index contributed by atoms with van der Waals surface area (Å²) < 4.78 is 0. The summed E-state index contributed by atoms with van der Waals surface area (Å²) in [6, 6.07) is 0. The summed E-state index contributed by atoms with van der Waals surface area (Å²) in [4.78, 5) is 0. The minimum atomic E-state index is -0.365. The number of hydrogen-bond acceptors (Lipinski definition) is 2. The molecule has 0 radical (unpaired) electrons. The lowest BCUT2D eigenvalue weighted by atomic mass is 9.81. The molecule has 0 bridgehead atoms. The molecule has 1 aliphatic rings. The molecular formula is C9H16O2. The van der Waals surface area contributed by atoms with Crippen LogP contribution in [0.2, 0.25) is 0 Å². The minimum Gasteiger partial charge on any atom is -0.392 e. The van der Waals surface area contributed by atoms with E-state index in [1.54, 1.807) is 6.08 Å². The Morgan fingerprint density at radius 2 is 1.91 bits per heavy atom. The van der Waals surface area contributed by atoms with Gasteiger partial charge in [-0.3, -0.25) is 0 Å². The van der Waals surface area contributed by atoms with Gasteiger partial charge in [-0.15, -0.1) is 6.58 Å². The molecular weight excluding hydrogens is 140 g/mol. The Hall–Kier alpha value is -0.340. The second-order valence-electron chi connectivity index (χ2n) is 3.61. The van der Waals surface area contributed by atoms with Gasteiger partial charge in [-0.2, -0.15) is 0 Å². The lowest BCUT2D eigenvalue weighted by Crippen LogP contribution is -2.35. The van der Waals surface area contributed by atoms with Gasteiger partial charge in [0.1, 0.15) is 0 Å². The fraction of sp³-hybridized carbons (Fsp3) is 0.778. The summed E-state index contributed by atoms with van der Waals surface area (Å²) in [7, 11) is 0. The molecule has 1 rings (SSSR count). The third-order valence-corrected chi connectivity index (χ3v) is 2.82. The number of aliphatic hydroxyl groups is 2. The third kappa shape index (κ3) is 1.33. The lowest BCUT2D eigenvalue weighted by Gasteiger charge is -2.30. The molecule has 0 spiro atoms. The molecule has 0 aromatic carbocycles. The smallest absolute Gasteiger partial charge is 0.0622 e. The zero-order chi connectivity index (χ0) is 8.48. The zero-order valence-electron chi connectivity index (χ0n) is 6.95. The van der Waals surface area contributed by atoms with E-state index in [-0.39, 0.29) is 17.6 Å². The second-order valence-corrected chi connectivity index (χ2v) is 3.61. The molecule has 64 valence electrons.